The van der Waals surface area contributed by atoms with Crippen molar-refractivity contribution in [3.05, 3.63) is 64.7 Å². The maximum absolute atomic E-state index is 12.9. The summed E-state index contributed by atoms with van der Waals surface area (Å²) in [7, 11) is -0.0810. The van der Waals surface area contributed by atoms with Gasteiger partial charge in [-0.15, -0.1) is 0 Å². The summed E-state index contributed by atoms with van der Waals surface area (Å²) < 4.78 is 28.7. The number of piperidine rings is 1. The molecule has 29 heavy (non-hydrogen) atoms. The number of allylic oxidation sites excluding steroid dienone is 1. The van der Waals surface area contributed by atoms with Gasteiger partial charge in [-0.05, 0) is 31.0 Å². The normalized spacial score (nSPS) is 15.5. The fourth-order valence-electron chi connectivity index (χ4n) is 3.06. The molecule has 1 aliphatic heterocycles. The van der Waals surface area contributed by atoms with Gasteiger partial charge in [0, 0.05) is 51.7 Å². The molecule has 154 valence electrons. The van der Waals surface area contributed by atoms with Crippen LogP contribution in [0.25, 0.3) is 5.69 Å². The van der Waals surface area contributed by atoms with Crippen molar-refractivity contribution in [3.63, 3.8) is 0 Å². The molecule has 3 rings (SSSR count). The molecule has 0 aliphatic carbocycles. The van der Waals surface area contributed by atoms with Crippen molar-refractivity contribution < 1.29 is 13.2 Å². The molecule has 0 radical (unpaired) electrons. The van der Waals surface area contributed by atoms with Crippen LogP contribution in [0, 0.1) is 0 Å². The highest BCUT2D eigenvalue weighted by Gasteiger charge is 2.26. The van der Waals surface area contributed by atoms with Crippen LogP contribution in [-0.2, 0) is 10.0 Å². The number of rotatable bonds is 6. The molecular formula is C20H24N4O4S. The van der Waals surface area contributed by atoms with Gasteiger partial charge >= 0.3 is 0 Å². The van der Waals surface area contributed by atoms with Crippen LogP contribution in [0.1, 0.15) is 29.8 Å². The number of nitrogens with zero attached hydrogens (tertiary/aromatic N) is 4. The zero-order valence-electron chi connectivity index (χ0n) is 16.5. The molecule has 2 heterocycles. The van der Waals surface area contributed by atoms with Crippen LogP contribution in [0.4, 0.5) is 0 Å². The minimum atomic E-state index is -3.60. The lowest BCUT2D eigenvalue weighted by molar-refractivity contribution is 0.103. The lowest BCUT2D eigenvalue weighted by atomic mass is 10.2. The third-order valence-corrected chi connectivity index (χ3v) is 6.50. The number of aromatic nitrogens is 2. The Morgan fingerprint density at radius 1 is 1.14 bits per heavy atom. The first-order valence-electron chi connectivity index (χ1n) is 9.38. The lowest BCUT2D eigenvalue weighted by Crippen LogP contribution is -2.35. The van der Waals surface area contributed by atoms with E-state index in [9.17, 15) is 18.0 Å². The second-order valence-electron chi connectivity index (χ2n) is 7.08. The van der Waals surface area contributed by atoms with Crippen LogP contribution >= 0.6 is 0 Å². The number of ketones is 1. The molecule has 0 bridgehead atoms. The Bertz CT molecular complexity index is 1080. The molecule has 1 aromatic carbocycles. The zero-order valence-corrected chi connectivity index (χ0v) is 17.3. The summed E-state index contributed by atoms with van der Waals surface area (Å²) in [5, 5.41) is 4.13. The fraction of sp³-hybridized carbons (Fsp3) is 0.350. The van der Waals surface area contributed by atoms with Gasteiger partial charge < -0.3 is 4.90 Å². The largest absolute Gasteiger partial charge is 0.383 e. The molecule has 0 spiro atoms. The molecular weight excluding hydrogens is 392 g/mol. The Morgan fingerprint density at radius 3 is 2.55 bits per heavy atom. The highest BCUT2D eigenvalue weighted by atomic mass is 32.2. The third-order valence-electron chi connectivity index (χ3n) is 4.60. The lowest BCUT2D eigenvalue weighted by Gasteiger charge is -2.26. The molecule has 0 saturated carbocycles. The Labute approximate surface area is 170 Å². The predicted octanol–water partition coefficient (Wildman–Crippen LogP) is 1.67. The van der Waals surface area contributed by atoms with Crippen molar-refractivity contribution in [2.45, 2.75) is 24.2 Å². The Kier molecular flexibility index (Phi) is 6.29. The summed E-state index contributed by atoms with van der Waals surface area (Å²) in [6.07, 6.45) is 6.96. The van der Waals surface area contributed by atoms with Crippen molar-refractivity contribution in [1.82, 2.24) is 19.0 Å². The molecule has 1 aliphatic rings. The number of carbonyl (C=O) groups excluding carboxylic acids is 1. The van der Waals surface area contributed by atoms with Gasteiger partial charge in [0.2, 0.25) is 21.2 Å². The molecule has 0 amide bonds. The summed E-state index contributed by atoms with van der Waals surface area (Å²) in [5.41, 5.74) is -0.268. The van der Waals surface area contributed by atoms with Crippen molar-refractivity contribution in [3.8, 4) is 5.69 Å². The van der Waals surface area contributed by atoms with E-state index in [2.05, 4.69) is 5.10 Å². The molecule has 1 fully saturated rings. The predicted molar refractivity (Wildman–Crippen MR) is 110 cm³/mol. The molecule has 0 unspecified atom stereocenters. The van der Waals surface area contributed by atoms with Crippen LogP contribution in [0.3, 0.4) is 0 Å². The van der Waals surface area contributed by atoms with Gasteiger partial charge in [-0.25, -0.2) is 13.1 Å². The van der Waals surface area contributed by atoms with E-state index in [1.807, 2.05) is 0 Å². The molecule has 1 saturated heterocycles. The SMILES string of the molecule is CN(C)/C=C/C(=O)c1nn(-c2cccc(S(=O)(=O)N3CCCCC3)c2)ccc1=O. The van der Waals surface area contributed by atoms with Crippen molar-refractivity contribution in [1.29, 1.82) is 0 Å². The average Bonchev–Trinajstić information content (AvgIpc) is 2.73. The molecule has 0 atom stereocenters. The van der Waals surface area contributed by atoms with Crippen LogP contribution in [0.2, 0.25) is 0 Å². The van der Waals surface area contributed by atoms with Crippen molar-refractivity contribution >= 4 is 15.8 Å². The van der Waals surface area contributed by atoms with E-state index in [0.29, 0.717) is 18.8 Å². The summed E-state index contributed by atoms with van der Waals surface area (Å²) >= 11 is 0. The van der Waals surface area contributed by atoms with Gasteiger partial charge in [0.1, 0.15) is 0 Å². The number of carbonyl (C=O) groups is 1. The van der Waals surface area contributed by atoms with E-state index in [1.165, 1.54) is 39.6 Å². The number of hydrogen-bond donors (Lipinski definition) is 0. The second-order valence-corrected chi connectivity index (χ2v) is 9.02. The maximum Gasteiger partial charge on any atom is 0.243 e. The highest BCUT2D eigenvalue weighted by Crippen LogP contribution is 2.22. The average molecular weight is 417 g/mol. The van der Waals surface area contributed by atoms with Crippen LogP contribution < -0.4 is 5.43 Å². The van der Waals surface area contributed by atoms with Crippen LogP contribution in [0.5, 0.6) is 0 Å². The molecule has 0 N–H and O–H groups in total. The topological polar surface area (TPSA) is 92.6 Å². The fourth-order valence-corrected chi connectivity index (χ4v) is 4.62. The number of sulfonamides is 1. The maximum atomic E-state index is 12.9. The Morgan fingerprint density at radius 2 is 1.86 bits per heavy atom. The van der Waals surface area contributed by atoms with Gasteiger partial charge in [-0.3, -0.25) is 9.59 Å². The molecule has 9 heteroatoms. The van der Waals surface area contributed by atoms with Gasteiger partial charge in [0.05, 0.1) is 10.6 Å². The summed E-state index contributed by atoms with van der Waals surface area (Å²) in [6.45, 7) is 1.03. The number of hydrogen-bond acceptors (Lipinski definition) is 6. The van der Waals surface area contributed by atoms with Gasteiger partial charge in [0.25, 0.3) is 0 Å². The van der Waals surface area contributed by atoms with Crippen molar-refractivity contribution in [2.75, 3.05) is 27.2 Å². The van der Waals surface area contributed by atoms with E-state index in [1.54, 1.807) is 37.2 Å². The van der Waals surface area contributed by atoms with E-state index >= 15 is 0 Å². The standard InChI is InChI=1S/C20H24N4O4S/c1-22(2)13-9-18(25)20-19(26)10-14-24(21-20)16-7-6-8-17(15-16)29(27,28)23-11-4-3-5-12-23/h6-10,13-15H,3-5,11-12H2,1-2H3/b13-9+. The first-order chi connectivity index (χ1) is 13.8. The smallest absolute Gasteiger partial charge is 0.243 e. The second kappa shape index (κ2) is 8.71. The van der Waals surface area contributed by atoms with Crippen LogP contribution in [0.15, 0.2) is 58.5 Å². The van der Waals surface area contributed by atoms with Gasteiger partial charge in [0.15, 0.2) is 5.69 Å². The first-order valence-corrected chi connectivity index (χ1v) is 10.8. The minimum absolute atomic E-state index is 0.165. The quantitative estimate of drug-likeness (QED) is 0.525. The molecule has 2 aromatic rings. The highest BCUT2D eigenvalue weighted by molar-refractivity contribution is 7.89. The van der Waals surface area contributed by atoms with E-state index in [0.717, 1.165) is 19.3 Å². The van der Waals surface area contributed by atoms with Crippen LogP contribution in [-0.4, -0.2) is 60.4 Å². The number of benzene rings is 1. The molecule has 8 nitrogen and oxygen atoms in total. The Balaban J connectivity index is 1.96. The molecule has 1 aromatic heterocycles. The first kappa shape index (κ1) is 20.9. The zero-order chi connectivity index (χ0) is 21.0. The third kappa shape index (κ3) is 4.80. The monoisotopic (exact) mass is 416 g/mol. The summed E-state index contributed by atoms with van der Waals surface area (Å²) in [6, 6.07) is 7.60. The van der Waals surface area contributed by atoms with Gasteiger partial charge in [-0.1, -0.05) is 12.5 Å². The summed E-state index contributed by atoms with van der Waals surface area (Å²) in [4.78, 5) is 26.2. The van der Waals surface area contributed by atoms with E-state index in [-0.39, 0.29) is 10.6 Å². The summed E-state index contributed by atoms with van der Waals surface area (Å²) in [5.74, 6) is -0.518. The van der Waals surface area contributed by atoms with E-state index < -0.39 is 21.2 Å². The van der Waals surface area contributed by atoms with E-state index in [4.69, 9.17) is 0 Å². The van der Waals surface area contributed by atoms with Gasteiger partial charge in [-0.2, -0.15) is 9.40 Å². The minimum Gasteiger partial charge on any atom is -0.383 e. The Hall–Kier alpha value is -2.78. The van der Waals surface area contributed by atoms with Crippen molar-refractivity contribution in [2.24, 2.45) is 0 Å².